The first-order chi connectivity index (χ1) is 4.68. The maximum atomic E-state index is 10.0. The lowest BCUT2D eigenvalue weighted by atomic mass is 10.2. The molecule has 3 heteroatoms. The summed E-state index contributed by atoms with van der Waals surface area (Å²) in [5, 5.41) is 10.0. The van der Waals surface area contributed by atoms with Crippen molar-refractivity contribution >= 4 is 0 Å². The molecule has 10 heavy (non-hydrogen) atoms. The van der Waals surface area contributed by atoms with Crippen molar-refractivity contribution in [2.24, 2.45) is 0 Å². The minimum atomic E-state index is -0.352. The van der Waals surface area contributed by atoms with Crippen LogP contribution in [-0.4, -0.2) is 4.92 Å². The SMILES string of the molecule is CCCC/C=C(/C)[N+](=O)[O-]. The third-order valence-electron chi connectivity index (χ3n) is 1.29. The van der Waals surface area contributed by atoms with Crippen LogP contribution in [0, 0.1) is 10.1 Å². The van der Waals surface area contributed by atoms with Crippen molar-refractivity contribution in [3.05, 3.63) is 21.9 Å². The van der Waals surface area contributed by atoms with Crippen LogP contribution < -0.4 is 0 Å². The Hall–Kier alpha value is -0.860. The number of rotatable bonds is 4. The molecule has 0 bridgehead atoms. The molecular formula is C7H13NO2. The van der Waals surface area contributed by atoms with Gasteiger partial charge < -0.3 is 0 Å². The van der Waals surface area contributed by atoms with Crippen molar-refractivity contribution < 1.29 is 4.92 Å². The van der Waals surface area contributed by atoms with Gasteiger partial charge in [-0.2, -0.15) is 0 Å². The van der Waals surface area contributed by atoms with Crippen LogP contribution in [0.25, 0.3) is 0 Å². The highest BCUT2D eigenvalue weighted by atomic mass is 16.6. The first-order valence-electron chi connectivity index (χ1n) is 3.49. The molecular weight excluding hydrogens is 130 g/mol. The Kier molecular flexibility index (Phi) is 4.54. The van der Waals surface area contributed by atoms with E-state index < -0.39 is 0 Å². The second-order valence-electron chi connectivity index (χ2n) is 2.24. The zero-order valence-electron chi connectivity index (χ0n) is 6.46. The van der Waals surface area contributed by atoms with Gasteiger partial charge in [0, 0.05) is 6.92 Å². The standard InChI is InChI=1S/C7H13NO2/c1-3-4-5-6-7(2)8(9)10/h6H,3-5H2,1-2H3/b7-6-. The number of allylic oxidation sites excluding steroid dienone is 2. The largest absolute Gasteiger partial charge is 0.259 e. The molecule has 0 aliphatic rings. The van der Waals surface area contributed by atoms with Gasteiger partial charge in [-0.1, -0.05) is 13.3 Å². The lowest BCUT2D eigenvalue weighted by Crippen LogP contribution is -1.92. The number of hydrogen-bond acceptors (Lipinski definition) is 2. The molecule has 0 spiro atoms. The van der Waals surface area contributed by atoms with E-state index in [9.17, 15) is 10.1 Å². The zero-order valence-corrected chi connectivity index (χ0v) is 6.46. The highest BCUT2D eigenvalue weighted by Crippen LogP contribution is 2.00. The Morgan fingerprint density at radius 3 is 2.70 bits per heavy atom. The van der Waals surface area contributed by atoms with Gasteiger partial charge in [-0.05, 0) is 18.9 Å². The van der Waals surface area contributed by atoms with Gasteiger partial charge in [-0.3, -0.25) is 10.1 Å². The molecule has 3 nitrogen and oxygen atoms in total. The molecule has 0 N–H and O–H groups in total. The van der Waals surface area contributed by atoms with Crippen molar-refractivity contribution in [1.82, 2.24) is 0 Å². The molecule has 0 saturated heterocycles. The molecule has 0 amide bonds. The Bertz CT molecular complexity index is 141. The van der Waals surface area contributed by atoms with E-state index >= 15 is 0 Å². The molecule has 0 saturated carbocycles. The molecule has 0 unspecified atom stereocenters. The molecule has 0 rings (SSSR count). The van der Waals surface area contributed by atoms with Crippen LogP contribution >= 0.6 is 0 Å². The summed E-state index contributed by atoms with van der Waals surface area (Å²) in [6.07, 6.45) is 4.61. The zero-order chi connectivity index (χ0) is 7.98. The fourth-order valence-electron chi connectivity index (χ4n) is 0.590. The van der Waals surface area contributed by atoms with Crippen molar-refractivity contribution in [2.75, 3.05) is 0 Å². The smallest absolute Gasteiger partial charge is 0.239 e. The van der Waals surface area contributed by atoms with Gasteiger partial charge in [0.15, 0.2) is 0 Å². The van der Waals surface area contributed by atoms with E-state index in [1.165, 1.54) is 6.92 Å². The summed E-state index contributed by atoms with van der Waals surface area (Å²) < 4.78 is 0. The molecule has 0 aromatic rings. The first-order valence-corrected chi connectivity index (χ1v) is 3.49. The van der Waals surface area contributed by atoms with Crippen LogP contribution in [-0.2, 0) is 0 Å². The summed E-state index contributed by atoms with van der Waals surface area (Å²) in [7, 11) is 0. The van der Waals surface area contributed by atoms with Crippen LogP contribution in [0.2, 0.25) is 0 Å². The van der Waals surface area contributed by atoms with Crippen molar-refractivity contribution in [3.8, 4) is 0 Å². The summed E-state index contributed by atoms with van der Waals surface area (Å²) in [5.74, 6) is 0. The first kappa shape index (κ1) is 9.14. The molecule has 0 aliphatic carbocycles. The number of nitrogens with zero attached hydrogens (tertiary/aromatic N) is 1. The van der Waals surface area contributed by atoms with Crippen LogP contribution in [0.4, 0.5) is 0 Å². The van der Waals surface area contributed by atoms with Gasteiger partial charge in [0.2, 0.25) is 5.70 Å². The second-order valence-corrected chi connectivity index (χ2v) is 2.24. The van der Waals surface area contributed by atoms with Gasteiger partial charge in [0.25, 0.3) is 0 Å². The third kappa shape index (κ3) is 4.06. The summed E-state index contributed by atoms with van der Waals surface area (Å²) >= 11 is 0. The van der Waals surface area contributed by atoms with Crippen LogP contribution in [0.5, 0.6) is 0 Å². The summed E-state index contributed by atoms with van der Waals surface area (Å²) in [6.45, 7) is 3.59. The minimum absolute atomic E-state index is 0.258. The normalized spacial score (nSPS) is 11.6. The lowest BCUT2D eigenvalue weighted by Gasteiger charge is -1.89. The van der Waals surface area contributed by atoms with Crippen molar-refractivity contribution in [1.29, 1.82) is 0 Å². The Labute approximate surface area is 60.9 Å². The topological polar surface area (TPSA) is 43.1 Å². The molecule has 58 valence electrons. The van der Waals surface area contributed by atoms with E-state index in [1.54, 1.807) is 6.08 Å². The minimum Gasteiger partial charge on any atom is -0.259 e. The Balaban J connectivity index is 3.58. The maximum absolute atomic E-state index is 10.0. The van der Waals surface area contributed by atoms with Gasteiger partial charge in [-0.15, -0.1) is 0 Å². The molecule has 0 fully saturated rings. The summed E-state index contributed by atoms with van der Waals surface area (Å²) in [6, 6.07) is 0. The number of hydrogen-bond donors (Lipinski definition) is 0. The molecule has 0 radical (unpaired) electrons. The Morgan fingerprint density at radius 1 is 1.70 bits per heavy atom. The predicted molar refractivity (Wildman–Crippen MR) is 40.3 cm³/mol. The van der Waals surface area contributed by atoms with E-state index in [0.717, 1.165) is 19.3 Å². The van der Waals surface area contributed by atoms with E-state index in [0.29, 0.717) is 0 Å². The van der Waals surface area contributed by atoms with Gasteiger partial charge in [0.1, 0.15) is 0 Å². The summed E-state index contributed by atoms with van der Waals surface area (Å²) in [5.41, 5.74) is 0.258. The molecule has 0 heterocycles. The number of unbranched alkanes of at least 4 members (excludes halogenated alkanes) is 2. The third-order valence-corrected chi connectivity index (χ3v) is 1.29. The van der Waals surface area contributed by atoms with Gasteiger partial charge in [-0.25, -0.2) is 0 Å². The van der Waals surface area contributed by atoms with Gasteiger partial charge in [0.05, 0.1) is 4.92 Å². The molecule has 0 aromatic carbocycles. The highest BCUT2D eigenvalue weighted by Gasteiger charge is 1.98. The van der Waals surface area contributed by atoms with E-state index in [1.807, 2.05) is 0 Å². The number of nitro groups is 1. The average molecular weight is 143 g/mol. The monoisotopic (exact) mass is 143 g/mol. The second kappa shape index (κ2) is 4.97. The van der Waals surface area contributed by atoms with Crippen LogP contribution in [0.1, 0.15) is 33.1 Å². The van der Waals surface area contributed by atoms with E-state index in [4.69, 9.17) is 0 Å². The van der Waals surface area contributed by atoms with Crippen LogP contribution in [0.15, 0.2) is 11.8 Å². The molecule has 0 atom stereocenters. The molecule has 0 aromatic heterocycles. The van der Waals surface area contributed by atoms with Crippen molar-refractivity contribution in [2.45, 2.75) is 33.1 Å². The predicted octanol–water partition coefficient (Wildman–Crippen LogP) is 2.36. The quantitative estimate of drug-likeness (QED) is 0.344. The summed E-state index contributed by atoms with van der Waals surface area (Å²) in [4.78, 5) is 9.68. The van der Waals surface area contributed by atoms with Gasteiger partial charge >= 0.3 is 0 Å². The van der Waals surface area contributed by atoms with E-state index in [2.05, 4.69) is 6.92 Å². The Morgan fingerprint density at radius 2 is 2.30 bits per heavy atom. The average Bonchev–Trinajstić information content (AvgIpc) is 1.88. The van der Waals surface area contributed by atoms with Crippen LogP contribution in [0.3, 0.4) is 0 Å². The maximum Gasteiger partial charge on any atom is 0.239 e. The fourth-order valence-corrected chi connectivity index (χ4v) is 0.590. The fraction of sp³-hybridized carbons (Fsp3) is 0.714. The lowest BCUT2D eigenvalue weighted by molar-refractivity contribution is -0.424. The van der Waals surface area contributed by atoms with E-state index in [-0.39, 0.29) is 10.6 Å². The molecule has 0 aliphatic heterocycles. The highest BCUT2D eigenvalue weighted by molar-refractivity contribution is 4.86. The van der Waals surface area contributed by atoms with Crippen molar-refractivity contribution in [3.63, 3.8) is 0 Å².